The highest BCUT2D eigenvalue weighted by Gasteiger charge is 2.59. The van der Waals surface area contributed by atoms with Crippen molar-refractivity contribution in [2.24, 2.45) is 5.92 Å². The lowest BCUT2D eigenvalue weighted by Crippen LogP contribution is -2.45. The molecular formula is C12H16Cl3N3O. The van der Waals surface area contributed by atoms with Crippen LogP contribution in [-0.4, -0.2) is 34.7 Å². The van der Waals surface area contributed by atoms with E-state index in [4.69, 9.17) is 34.8 Å². The second-order valence-corrected chi connectivity index (χ2v) is 8.06. The molecule has 1 unspecified atom stereocenters. The minimum Gasteiger partial charge on any atom is -0.386 e. The van der Waals surface area contributed by atoms with Crippen LogP contribution in [0, 0.1) is 5.92 Å². The summed E-state index contributed by atoms with van der Waals surface area (Å²) < 4.78 is 1.03. The Bertz CT molecular complexity index is 461. The molecule has 1 aromatic heterocycles. The Balaban J connectivity index is 1.67. The molecule has 1 heterocycles. The first-order chi connectivity index (χ1) is 8.85. The van der Waals surface area contributed by atoms with Crippen molar-refractivity contribution in [3.8, 4) is 0 Å². The second kappa shape index (κ2) is 4.48. The lowest BCUT2D eigenvalue weighted by atomic mass is 9.90. The minimum absolute atomic E-state index is 0.261. The number of halogens is 3. The van der Waals surface area contributed by atoms with Gasteiger partial charge in [0, 0.05) is 0 Å². The van der Waals surface area contributed by atoms with Crippen molar-refractivity contribution in [1.82, 2.24) is 14.8 Å². The predicted molar refractivity (Wildman–Crippen MR) is 74.6 cm³/mol. The van der Waals surface area contributed by atoms with Gasteiger partial charge in [0.15, 0.2) is 0 Å². The molecule has 3 rings (SSSR count). The summed E-state index contributed by atoms with van der Waals surface area (Å²) in [6, 6.07) is 0. The third-order valence-electron chi connectivity index (χ3n) is 4.28. The zero-order chi connectivity index (χ0) is 13.7. The maximum atomic E-state index is 10.9. The first-order valence-electron chi connectivity index (χ1n) is 6.46. The summed E-state index contributed by atoms with van der Waals surface area (Å²) >= 11 is 18.5. The molecular weight excluding hydrogens is 309 g/mol. The molecule has 2 aliphatic rings. The molecule has 0 radical (unpaired) electrons. The highest BCUT2D eigenvalue weighted by Crippen LogP contribution is 2.58. The van der Waals surface area contributed by atoms with Crippen molar-refractivity contribution < 1.29 is 5.11 Å². The molecule has 2 aliphatic carbocycles. The predicted octanol–water partition coefficient (Wildman–Crippen LogP) is 2.75. The van der Waals surface area contributed by atoms with Crippen LogP contribution in [0.3, 0.4) is 0 Å². The topological polar surface area (TPSA) is 50.9 Å². The number of hydrogen-bond donors (Lipinski definition) is 1. The Morgan fingerprint density at radius 2 is 2.05 bits per heavy atom. The van der Waals surface area contributed by atoms with Gasteiger partial charge in [-0.2, -0.15) is 5.10 Å². The first-order valence-corrected chi connectivity index (χ1v) is 7.60. The standard InChI is InChI=1S/C12H16Cl3N3O/c13-10(3-4-10)11(19,6-18-8-16-7-17-18)2-1-9-5-12(9,14)15/h7-9,19H,1-6H2/t9?,11-/m1/s1. The van der Waals surface area contributed by atoms with Gasteiger partial charge in [-0.05, 0) is 38.0 Å². The Hall–Kier alpha value is -0.0300. The van der Waals surface area contributed by atoms with Gasteiger partial charge in [-0.15, -0.1) is 34.8 Å². The van der Waals surface area contributed by atoms with Crippen LogP contribution in [0.4, 0.5) is 0 Å². The Morgan fingerprint density at radius 3 is 2.53 bits per heavy atom. The minimum atomic E-state index is -0.977. The molecule has 0 aromatic carbocycles. The molecule has 2 atom stereocenters. The van der Waals surface area contributed by atoms with E-state index in [-0.39, 0.29) is 5.92 Å². The normalized spacial score (nSPS) is 29.8. The van der Waals surface area contributed by atoms with Crippen molar-refractivity contribution in [2.45, 2.75) is 53.5 Å². The van der Waals surface area contributed by atoms with Crippen LogP contribution in [0.1, 0.15) is 32.1 Å². The van der Waals surface area contributed by atoms with E-state index in [1.54, 1.807) is 11.0 Å². The van der Waals surface area contributed by atoms with Gasteiger partial charge < -0.3 is 5.11 Å². The zero-order valence-electron chi connectivity index (χ0n) is 10.4. The molecule has 0 aliphatic heterocycles. The number of aliphatic hydroxyl groups is 1. The molecule has 106 valence electrons. The van der Waals surface area contributed by atoms with Crippen molar-refractivity contribution >= 4 is 34.8 Å². The van der Waals surface area contributed by atoms with Crippen LogP contribution in [0.2, 0.25) is 0 Å². The van der Waals surface area contributed by atoms with Crippen LogP contribution in [-0.2, 0) is 6.54 Å². The maximum absolute atomic E-state index is 10.9. The molecule has 2 fully saturated rings. The Morgan fingerprint density at radius 1 is 1.37 bits per heavy atom. The van der Waals surface area contributed by atoms with Crippen molar-refractivity contribution in [2.75, 3.05) is 0 Å². The van der Waals surface area contributed by atoms with E-state index in [9.17, 15) is 5.11 Å². The molecule has 2 saturated carbocycles. The van der Waals surface area contributed by atoms with E-state index in [0.717, 1.165) is 25.7 Å². The lowest BCUT2D eigenvalue weighted by molar-refractivity contribution is -0.00374. The summed E-state index contributed by atoms with van der Waals surface area (Å²) in [4.78, 5) is 3.36. The fourth-order valence-electron chi connectivity index (χ4n) is 2.60. The average molecular weight is 325 g/mol. The molecule has 4 nitrogen and oxygen atoms in total. The van der Waals surface area contributed by atoms with Gasteiger partial charge in [-0.3, -0.25) is 4.68 Å². The van der Waals surface area contributed by atoms with E-state index >= 15 is 0 Å². The van der Waals surface area contributed by atoms with E-state index < -0.39 is 14.8 Å². The number of aromatic nitrogens is 3. The summed E-state index contributed by atoms with van der Waals surface area (Å²) in [7, 11) is 0. The lowest BCUT2D eigenvalue weighted by Gasteiger charge is -2.33. The Kier molecular flexibility index (Phi) is 3.29. The molecule has 0 spiro atoms. The van der Waals surface area contributed by atoms with E-state index in [1.807, 2.05) is 0 Å². The van der Waals surface area contributed by atoms with Crippen LogP contribution < -0.4 is 0 Å². The van der Waals surface area contributed by atoms with Gasteiger partial charge in [0.1, 0.15) is 22.6 Å². The van der Waals surface area contributed by atoms with Gasteiger partial charge >= 0.3 is 0 Å². The number of alkyl halides is 3. The van der Waals surface area contributed by atoms with Crippen molar-refractivity contribution in [3.05, 3.63) is 12.7 Å². The zero-order valence-corrected chi connectivity index (χ0v) is 12.7. The van der Waals surface area contributed by atoms with Crippen LogP contribution in [0.15, 0.2) is 12.7 Å². The van der Waals surface area contributed by atoms with E-state index in [1.165, 1.54) is 6.33 Å². The van der Waals surface area contributed by atoms with E-state index in [2.05, 4.69) is 10.1 Å². The first kappa shape index (κ1) is 13.9. The number of rotatable bonds is 6. The molecule has 1 N–H and O–H groups in total. The molecule has 19 heavy (non-hydrogen) atoms. The summed E-state index contributed by atoms with van der Waals surface area (Å²) in [6.45, 7) is 0.362. The third-order valence-corrected chi connectivity index (χ3v) is 5.93. The molecule has 1 aromatic rings. The number of hydrogen-bond acceptors (Lipinski definition) is 3. The average Bonchev–Trinajstić information content (AvgIpc) is 3.14. The number of nitrogens with zero attached hydrogens (tertiary/aromatic N) is 3. The highest BCUT2D eigenvalue weighted by molar-refractivity contribution is 6.50. The maximum Gasteiger partial charge on any atom is 0.137 e. The van der Waals surface area contributed by atoms with Crippen LogP contribution >= 0.6 is 34.8 Å². The quantitative estimate of drug-likeness (QED) is 0.819. The summed E-state index contributed by atoms with van der Waals surface area (Å²) in [5.41, 5.74) is -0.977. The van der Waals surface area contributed by atoms with Crippen molar-refractivity contribution in [3.63, 3.8) is 0 Å². The SMILES string of the molecule is O[C@](CCC1CC1(Cl)Cl)(Cn1cncn1)C1(Cl)CC1. The molecule has 0 bridgehead atoms. The molecule has 7 heteroatoms. The molecule has 0 amide bonds. The van der Waals surface area contributed by atoms with Crippen molar-refractivity contribution in [1.29, 1.82) is 0 Å². The second-order valence-electron chi connectivity index (χ2n) is 5.79. The van der Waals surface area contributed by atoms with Gasteiger partial charge in [0.05, 0.1) is 11.4 Å². The van der Waals surface area contributed by atoms with Gasteiger partial charge in [-0.1, -0.05) is 0 Å². The fourth-order valence-corrected chi connectivity index (χ4v) is 3.44. The monoisotopic (exact) mass is 323 g/mol. The summed E-state index contributed by atoms with van der Waals surface area (Å²) in [5, 5.41) is 15.0. The fraction of sp³-hybridized carbons (Fsp3) is 0.833. The van der Waals surface area contributed by atoms with Gasteiger partial charge in [0.2, 0.25) is 0 Å². The van der Waals surface area contributed by atoms with Crippen LogP contribution in [0.25, 0.3) is 0 Å². The third kappa shape index (κ3) is 2.73. The van der Waals surface area contributed by atoms with Gasteiger partial charge in [0.25, 0.3) is 0 Å². The van der Waals surface area contributed by atoms with Gasteiger partial charge in [-0.25, -0.2) is 4.98 Å². The largest absolute Gasteiger partial charge is 0.386 e. The van der Waals surface area contributed by atoms with Crippen LogP contribution in [0.5, 0.6) is 0 Å². The molecule has 0 saturated heterocycles. The summed E-state index contributed by atoms with van der Waals surface area (Å²) in [6.07, 6.45) is 6.88. The van der Waals surface area contributed by atoms with E-state index in [0.29, 0.717) is 13.0 Å². The smallest absolute Gasteiger partial charge is 0.137 e. The Labute approximate surface area is 127 Å². The summed E-state index contributed by atoms with van der Waals surface area (Å²) in [5.74, 6) is 0.261. The highest BCUT2D eigenvalue weighted by atomic mass is 35.5.